The number of para-hydroxylation sites is 1. The molecule has 7 N–H and O–H groups in total. The van der Waals surface area contributed by atoms with Gasteiger partial charge in [-0.1, -0.05) is 81.4 Å². The minimum atomic E-state index is -0.887. The Kier molecular flexibility index (Phi) is 12.7. The van der Waals surface area contributed by atoms with Crippen LogP contribution in [0.3, 0.4) is 0 Å². The summed E-state index contributed by atoms with van der Waals surface area (Å²) in [5.74, 6) is -0.653. The SMILES string of the molecule is Cc1ncsc1-c1ccc(C(C)NC(=O)C2CCCN2C(=O)C(NC(=O)CN=C/C(=C\N)c2ccc(-c3cc(-c4ccccc4O)nnc3N)cc2)C(C)(C)C)cc1. The monoisotopic (exact) mass is 799 g/mol. The van der Waals surface area contributed by atoms with Gasteiger partial charge in [0.25, 0.3) is 0 Å². The lowest BCUT2D eigenvalue weighted by atomic mass is 9.85. The van der Waals surface area contributed by atoms with E-state index < -0.39 is 23.4 Å². The maximum atomic E-state index is 14.1. The number of thiazole rings is 1. The molecule has 0 radical (unpaired) electrons. The summed E-state index contributed by atoms with van der Waals surface area (Å²) < 4.78 is 0. The maximum absolute atomic E-state index is 14.1. The second-order valence-corrected chi connectivity index (χ2v) is 16.2. The number of aryl methyl sites for hydroxylation is 1. The first kappa shape index (κ1) is 41.2. The van der Waals surface area contributed by atoms with E-state index in [9.17, 15) is 19.5 Å². The molecular weight excluding hydrogens is 751 g/mol. The summed E-state index contributed by atoms with van der Waals surface area (Å²) in [6.45, 7) is 9.72. The molecule has 1 saturated heterocycles. The van der Waals surface area contributed by atoms with Gasteiger partial charge in [0.15, 0.2) is 5.82 Å². The Morgan fingerprint density at radius 2 is 1.71 bits per heavy atom. The third kappa shape index (κ3) is 9.40. The number of nitrogens with zero attached hydrogens (tertiary/aromatic N) is 5. The van der Waals surface area contributed by atoms with E-state index in [2.05, 4.69) is 30.8 Å². The van der Waals surface area contributed by atoms with E-state index >= 15 is 0 Å². The third-order valence-corrected chi connectivity index (χ3v) is 11.2. The molecule has 0 aliphatic carbocycles. The van der Waals surface area contributed by atoms with Crippen molar-refractivity contribution in [1.82, 2.24) is 30.7 Å². The minimum absolute atomic E-state index is 0.0842. The van der Waals surface area contributed by atoms with Crippen molar-refractivity contribution in [3.63, 3.8) is 0 Å². The van der Waals surface area contributed by atoms with Gasteiger partial charge in [-0.05, 0) is 72.6 Å². The Bertz CT molecular complexity index is 2330. The number of anilines is 1. The molecule has 0 bridgehead atoms. The molecule has 1 fully saturated rings. The molecule has 1 aliphatic rings. The highest BCUT2D eigenvalue weighted by Crippen LogP contribution is 2.33. The molecule has 0 saturated carbocycles. The van der Waals surface area contributed by atoms with Gasteiger partial charge in [-0.25, -0.2) is 4.98 Å². The Morgan fingerprint density at radius 3 is 2.36 bits per heavy atom. The van der Waals surface area contributed by atoms with Gasteiger partial charge in [0.1, 0.15) is 24.4 Å². The van der Waals surface area contributed by atoms with E-state index in [1.54, 1.807) is 46.6 Å². The van der Waals surface area contributed by atoms with E-state index in [0.717, 1.165) is 32.8 Å². The zero-order valence-corrected chi connectivity index (χ0v) is 34.1. The van der Waals surface area contributed by atoms with Crippen LogP contribution in [0.1, 0.15) is 63.4 Å². The molecule has 3 aromatic carbocycles. The van der Waals surface area contributed by atoms with Gasteiger partial charge in [0.05, 0.1) is 27.8 Å². The van der Waals surface area contributed by atoms with E-state index in [4.69, 9.17) is 11.5 Å². The standard InChI is InChI=1S/C44H49N9O4S/c1-26(28-12-18-31(19-13-28)39-27(2)48-25-58-39)49-42(56)36-10-8-20-53(36)43(57)40(44(3,4)5)50-38(55)24-47-23-32(22-45)29-14-16-30(17-15-29)34-21-35(51-52-41(34)46)33-9-6-7-11-37(33)54/h6-7,9,11-19,21-23,25-26,36,40,54H,8,10,20,24,45H2,1-5H3,(H2,46,52)(H,49,56)(H,50,55)/b32-22+,47-23?. The van der Waals surface area contributed by atoms with Crippen molar-refractivity contribution < 1.29 is 19.5 Å². The van der Waals surface area contributed by atoms with Crippen LogP contribution < -0.4 is 22.1 Å². The lowest BCUT2D eigenvalue weighted by Crippen LogP contribution is -2.58. The van der Waals surface area contributed by atoms with Gasteiger partial charge in [0, 0.05) is 35.7 Å². The third-order valence-electron chi connectivity index (χ3n) is 10.2. The van der Waals surface area contributed by atoms with Crippen LogP contribution >= 0.6 is 11.3 Å². The van der Waals surface area contributed by atoms with Crippen molar-refractivity contribution in [3.05, 3.63) is 107 Å². The van der Waals surface area contributed by atoms with Crippen molar-refractivity contribution in [3.8, 4) is 38.6 Å². The molecule has 0 spiro atoms. The molecule has 58 heavy (non-hydrogen) atoms. The first-order valence-electron chi connectivity index (χ1n) is 19.1. The number of nitrogens with one attached hydrogen (secondary N) is 2. The summed E-state index contributed by atoms with van der Waals surface area (Å²) in [7, 11) is 0. The van der Waals surface area contributed by atoms with Crippen molar-refractivity contribution in [2.75, 3.05) is 18.8 Å². The summed E-state index contributed by atoms with van der Waals surface area (Å²) in [5, 5.41) is 24.5. The van der Waals surface area contributed by atoms with E-state index in [-0.39, 0.29) is 36.0 Å². The number of phenols is 1. The summed E-state index contributed by atoms with van der Waals surface area (Å²) >= 11 is 1.59. The van der Waals surface area contributed by atoms with Crippen molar-refractivity contribution >= 4 is 46.7 Å². The second kappa shape index (κ2) is 17.8. The smallest absolute Gasteiger partial charge is 0.246 e. The Balaban J connectivity index is 1.06. The number of allylic oxidation sites excluding steroid dienone is 1. The number of carbonyl (C=O) groups excluding carboxylic acids is 3. The number of likely N-dealkylation sites (tertiary alicyclic amines) is 1. The van der Waals surface area contributed by atoms with Crippen LogP contribution in [0.5, 0.6) is 5.75 Å². The quantitative estimate of drug-likeness (QED) is 0.0898. The van der Waals surface area contributed by atoms with Gasteiger partial charge >= 0.3 is 0 Å². The number of aromatic nitrogens is 3. The minimum Gasteiger partial charge on any atom is -0.507 e. The molecule has 6 rings (SSSR count). The molecular formula is C44H49N9O4S. The molecule has 3 heterocycles. The van der Waals surface area contributed by atoms with E-state index in [0.29, 0.717) is 41.8 Å². The lowest BCUT2D eigenvalue weighted by Gasteiger charge is -2.35. The molecule has 300 valence electrons. The number of rotatable bonds is 12. The number of nitrogen functional groups attached to an aromatic ring is 1. The molecule has 3 amide bonds. The van der Waals surface area contributed by atoms with Crippen molar-refractivity contribution in [1.29, 1.82) is 0 Å². The van der Waals surface area contributed by atoms with Gasteiger partial charge < -0.3 is 32.1 Å². The fourth-order valence-corrected chi connectivity index (χ4v) is 7.77. The Hall–Kier alpha value is -6.41. The first-order chi connectivity index (χ1) is 27.7. The Morgan fingerprint density at radius 1 is 1.00 bits per heavy atom. The zero-order chi connectivity index (χ0) is 41.6. The Labute approximate surface area is 342 Å². The number of nitrogens with two attached hydrogens (primary N) is 2. The van der Waals surface area contributed by atoms with Crippen molar-refractivity contribution in [2.45, 2.75) is 65.6 Å². The zero-order valence-electron chi connectivity index (χ0n) is 33.3. The first-order valence-corrected chi connectivity index (χ1v) is 20.0. The van der Waals surface area contributed by atoms with Crippen molar-refractivity contribution in [2.24, 2.45) is 16.1 Å². The van der Waals surface area contributed by atoms with Crippen LogP contribution in [0, 0.1) is 12.3 Å². The molecule has 14 heteroatoms. The number of carbonyl (C=O) groups is 3. The van der Waals surface area contributed by atoms with Gasteiger partial charge in [-0.15, -0.1) is 21.5 Å². The summed E-state index contributed by atoms with van der Waals surface area (Å²) in [4.78, 5) is 52.4. The fraction of sp³-hybridized carbons (Fsp3) is 0.295. The van der Waals surface area contributed by atoms with Crippen LogP contribution in [0.2, 0.25) is 0 Å². The number of benzene rings is 3. The molecule has 5 aromatic rings. The van der Waals surface area contributed by atoms with Gasteiger partial charge in [-0.2, -0.15) is 0 Å². The van der Waals surface area contributed by atoms with Gasteiger partial charge in [-0.3, -0.25) is 19.4 Å². The van der Waals surface area contributed by atoms with Crippen LogP contribution in [0.25, 0.3) is 38.4 Å². The van der Waals surface area contributed by atoms with Gasteiger partial charge in [0.2, 0.25) is 17.7 Å². The average Bonchev–Trinajstić information content (AvgIpc) is 3.88. The molecule has 1 aliphatic heterocycles. The van der Waals surface area contributed by atoms with Crippen LogP contribution in [-0.4, -0.2) is 74.3 Å². The lowest BCUT2D eigenvalue weighted by molar-refractivity contribution is -0.143. The highest BCUT2D eigenvalue weighted by atomic mass is 32.1. The molecule has 13 nitrogen and oxygen atoms in total. The van der Waals surface area contributed by atoms with E-state index in [1.165, 1.54) is 12.4 Å². The maximum Gasteiger partial charge on any atom is 0.246 e. The van der Waals surface area contributed by atoms with Crippen LogP contribution in [0.15, 0.2) is 95.6 Å². The summed E-state index contributed by atoms with van der Waals surface area (Å²) in [5.41, 5.74) is 20.1. The number of aromatic hydroxyl groups is 1. The summed E-state index contributed by atoms with van der Waals surface area (Å²) in [6, 6.07) is 22.3. The number of hydrogen-bond acceptors (Lipinski definition) is 11. The average molecular weight is 800 g/mol. The topological polar surface area (TPSA) is 202 Å². The van der Waals surface area contributed by atoms with Crippen LogP contribution in [-0.2, 0) is 14.4 Å². The largest absolute Gasteiger partial charge is 0.507 e. The molecule has 3 unspecified atom stereocenters. The second-order valence-electron chi connectivity index (χ2n) is 15.4. The fourth-order valence-electron chi connectivity index (χ4n) is 6.96. The van der Waals surface area contributed by atoms with E-state index in [1.807, 2.05) is 88.7 Å². The summed E-state index contributed by atoms with van der Waals surface area (Å²) in [6.07, 6.45) is 4.12. The number of phenolic OH excluding ortho intramolecular Hbond substituents is 1. The molecule has 3 atom stereocenters. The normalized spacial score (nSPS) is 15.6. The highest BCUT2D eigenvalue weighted by molar-refractivity contribution is 7.13. The highest BCUT2D eigenvalue weighted by Gasteiger charge is 2.42. The number of aliphatic imine (C=N–C) groups is 1. The predicted molar refractivity (Wildman–Crippen MR) is 229 cm³/mol. The molecule has 2 aromatic heterocycles. The van der Waals surface area contributed by atoms with Crippen LogP contribution in [0.4, 0.5) is 5.82 Å². The number of amides is 3. The predicted octanol–water partition coefficient (Wildman–Crippen LogP) is 6.30. The number of hydrogen-bond donors (Lipinski definition) is 5.